The van der Waals surface area contributed by atoms with Gasteiger partial charge in [-0.15, -0.1) is 0 Å². The van der Waals surface area contributed by atoms with E-state index in [-0.39, 0.29) is 0 Å². The van der Waals surface area contributed by atoms with Crippen LogP contribution in [0.25, 0.3) is 32.9 Å². The van der Waals surface area contributed by atoms with E-state index in [1.165, 1.54) is 0 Å². The van der Waals surface area contributed by atoms with Crippen LogP contribution < -0.4 is 0 Å². The molecule has 0 atom stereocenters. The third-order valence-corrected chi connectivity index (χ3v) is 6.89. The summed E-state index contributed by atoms with van der Waals surface area (Å²) < 4.78 is 26.7. The molecule has 0 unspecified atom stereocenters. The van der Waals surface area contributed by atoms with Crippen molar-refractivity contribution in [3.63, 3.8) is 0 Å². The predicted octanol–water partition coefficient (Wildman–Crippen LogP) is 5.82. The number of benzene rings is 4. The number of hydrogen-bond acceptors (Lipinski definition) is 2. The van der Waals surface area contributed by atoms with E-state index in [1.54, 1.807) is 36.4 Å². The third-order valence-electron chi connectivity index (χ3n) is 5.06. The van der Waals surface area contributed by atoms with E-state index in [0.717, 1.165) is 27.4 Å². The first kappa shape index (κ1) is 16.8. The number of hydrogen-bond donors (Lipinski definition) is 1. The van der Waals surface area contributed by atoms with Crippen LogP contribution in [-0.2, 0) is 9.84 Å². The van der Waals surface area contributed by atoms with Gasteiger partial charge in [-0.05, 0) is 24.3 Å². The van der Waals surface area contributed by atoms with Crippen molar-refractivity contribution in [2.75, 3.05) is 0 Å². The predicted molar refractivity (Wildman–Crippen MR) is 113 cm³/mol. The standard InChI is InChI=1S/C24H17NO2S/c26-28(27,17-9-2-1-3-10-17)23-16-7-5-12-19(23)21-14-8-13-20-18-11-4-6-15-22(18)25-24(20)21/h1-16,25H. The van der Waals surface area contributed by atoms with Gasteiger partial charge in [-0.2, -0.15) is 0 Å². The molecule has 28 heavy (non-hydrogen) atoms. The number of para-hydroxylation sites is 2. The van der Waals surface area contributed by atoms with Crippen LogP contribution in [0, 0.1) is 0 Å². The van der Waals surface area contributed by atoms with Gasteiger partial charge in [-0.25, -0.2) is 8.42 Å². The number of fused-ring (bicyclic) bond motifs is 3. The van der Waals surface area contributed by atoms with Crippen molar-refractivity contribution < 1.29 is 8.42 Å². The molecule has 5 aromatic rings. The molecule has 0 aliphatic rings. The second-order valence-corrected chi connectivity index (χ2v) is 8.63. The Labute approximate surface area is 163 Å². The fourth-order valence-electron chi connectivity index (χ4n) is 3.75. The van der Waals surface area contributed by atoms with E-state index in [2.05, 4.69) is 17.1 Å². The minimum absolute atomic E-state index is 0.297. The van der Waals surface area contributed by atoms with Crippen molar-refractivity contribution in [3.8, 4) is 11.1 Å². The van der Waals surface area contributed by atoms with E-state index >= 15 is 0 Å². The van der Waals surface area contributed by atoms with E-state index < -0.39 is 9.84 Å². The molecule has 5 rings (SSSR count). The van der Waals surface area contributed by atoms with Gasteiger partial charge in [0.05, 0.1) is 15.3 Å². The van der Waals surface area contributed by atoms with Crippen LogP contribution in [0.3, 0.4) is 0 Å². The molecule has 0 fully saturated rings. The highest BCUT2D eigenvalue weighted by atomic mass is 32.2. The van der Waals surface area contributed by atoms with Gasteiger partial charge in [0.1, 0.15) is 0 Å². The van der Waals surface area contributed by atoms with Crippen LogP contribution in [0.4, 0.5) is 0 Å². The van der Waals surface area contributed by atoms with Crippen LogP contribution in [-0.4, -0.2) is 13.4 Å². The Morgan fingerprint density at radius 3 is 2.07 bits per heavy atom. The van der Waals surface area contributed by atoms with Gasteiger partial charge in [0.2, 0.25) is 9.84 Å². The summed E-state index contributed by atoms with van der Waals surface area (Å²) >= 11 is 0. The number of nitrogens with one attached hydrogen (secondary N) is 1. The van der Waals surface area contributed by atoms with E-state index in [9.17, 15) is 8.42 Å². The SMILES string of the molecule is O=S(=O)(c1ccccc1)c1ccccc1-c1cccc2c1[nH]c1ccccc12. The summed E-state index contributed by atoms with van der Waals surface area (Å²) in [7, 11) is -3.63. The molecule has 0 radical (unpaired) electrons. The van der Waals surface area contributed by atoms with Crippen molar-refractivity contribution in [1.29, 1.82) is 0 Å². The molecule has 4 aromatic carbocycles. The lowest BCUT2D eigenvalue weighted by molar-refractivity contribution is 0.596. The quantitative estimate of drug-likeness (QED) is 0.427. The normalized spacial score (nSPS) is 11.9. The molecule has 0 saturated carbocycles. The summed E-state index contributed by atoms with van der Waals surface area (Å²) in [5, 5.41) is 2.21. The molecule has 1 aromatic heterocycles. The van der Waals surface area contributed by atoms with Crippen LogP contribution in [0.15, 0.2) is 107 Å². The molecule has 0 saturated heterocycles. The van der Waals surface area contributed by atoms with Crippen molar-refractivity contribution >= 4 is 31.6 Å². The molecule has 0 spiro atoms. The zero-order valence-electron chi connectivity index (χ0n) is 15.0. The second-order valence-electron chi connectivity index (χ2n) is 6.71. The molecule has 0 amide bonds. The molecule has 136 valence electrons. The van der Waals surface area contributed by atoms with Crippen LogP contribution in [0.1, 0.15) is 0 Å². The van der Waals surface area contributed by atoms with E-state index in [1.807, 2.05) is 48.5 Å². The fraction of sp³-hybridized carbons (Fsp3) is 0. The lowest BCUT2D eigenvalue weighted by Crippen LogP contribution is -2.04. The lowest BCUT2D eigenvalue weighted by Gasteiger charge is -2.12. The molecule has 4 heteroatoms. The average Bonchev–Trinajstić information content (AvgIpc) is 3.13. The highest BCUT2D eigenvalue weighted by Crippen LogP contribution is 2.37. The van der Waals surface area contributed by atoms with Gasteiger partial charge < -0.3 is 4.98 Å². The molecule has 1 heterocycles. The number of rotatable bonds is 3. The van der Waals surface area contributed by atoms with E-state index in [4.69, 9.17) is 0 Å². The molecule has 1 N–H and O–H groups in total. The molecular formula is C24H17NO2S. The van der Waals surface area contributed by atoms with Crippen LogP contribution >= 0.6 is 0 Å². The molecule has 0 aliphatic heterocycles. The zero-order valence-corrected chi connectivity index (χ0v) is 15.8. The highest BCUT2D eigenvalue weighted by Gasteiger charge is 2.22. The summed E-state index contributed by atoms with van der Waals surface area (Å²) in [6, 6.07) is 29.9. The van der Waals surface area contributed by atoms with Gasteiger partial charge >= 0.3 is 0 Å². The monoisotopic (exact) mass is 383 g/mol. The fourth-order valence-corrected chi connectivity index (χ4v) is 5.24. The Morgan fingerprint density at radius 2 is 1.21 bits per heavy atom. The number of aromatic amines is 1. The largest absolute Gasteiger partial charge is 0.354 e. The van der Waals surface area contributed by atoms with Gasteiger partial charge in [0.25, 0.3) is 0 Å². The van der Waals surface area contributed by atoms with Gasteiger partial charge in [-0.1, -0.05) is 72.8 Å². The molecule has 0 bridgehead atoms. The molecule has 0 aliphatic carbocycles. The van der Waals surface area contributed by atoms with Gasteiger partial charge in [0, 0.05) is 27.4 Å². The maximum atomic E-state index is 13.3. The van der Waals surface area contributed by atoms with E-state index in [0.29, 0.717) is 15.4 Å². The minimum Gasteiger partial charge on any atom is -0.354 e. The molecular weight excluding hydrogens is 366 g/mol. The van der Waals surface area contributed by atoms with Gasteiger partial charge in [-0.3, -0.25) is 0 Å². The summed E-state index contributed by atoms with van der Waals surface area (Å²) in [5.41, 5.74) is 3.56. The number of sulfone groups is 1. The Kier molecular flexibility index (Phi) is 3.81. The van der Waals surface area contributed by atoms with Crippen molar-refractivity contribution in [2.24, 2.45) is 0 Å². The third kappa shape index (κ3) is 2.53. The number of H-pyrrole nitrogens is 1. The Morgan fingerprint density at radius 1 is 0.571 bits per heavy atom. The van der Waals surface area contributed by atoms with Crippen molar-refractivity contribution in [1.82, 2.24) is 4.98 Å². The smallest absolute Gasteiger partial charge is 0.207 e. The summed E-state index contributed by atoms with van der Waals surface area (Å²) in [4.78, 5) is 4.08. The maximum Gasteiger partial charge on any atom is 0.207 e. The Balaban J connectivity index is 1.81. The lowest BCUT2D eigenvalue weighted by atomic mass is 10.0. The van der Waals surface area contributed by atoms with Crippen LogP contribution in [0.5, 0.6) is 0 Å². The maximum absolute atomic E-state index is 13.3. The summed E-state index contributed by atoms with van der Waals surface area (Å²) in [5.74, 6) is 0. The second kappa shape index (κ2) is 6.36. The van der Waals surface area contributed by atoms with Crippen LogP contribution in [0.2, 0.25) is 0 Å². The number of aromatic nitrogens is 1. The zero-order chi connectivity index (χ0) is 19.1. The summed E-state index contributed by atoms with van der Waals surface area (Å²) in [6.45, 7) is 0. The first-order chi connectivity index (χ1) is 13.7. The first-order valence-corrected chi connectivity index (χ1v) is 10.5. The highest BCUT2D eigenvalue weighted by molar-refractivity contribution is 7.91. The Bertz CT molecular complexity index is 1420. The minimum atomic E-state index is -3.63. The average molecular weight is 383 g/mol. The van der Waals surface area contributed by atoms with Gasteiger partial charge in [0.15, 0.2) is 0 Å². The first-order valence-electron chi connectivity index (χ1n) is 9.05. The topological polar surface area (TPSA) is 49.9 Å². The summed E-state index contributed by atoms with van der Waals surface area (Å²) in [6.07, 6.45) is 0. The van der Waals surface area contributed by atoms with Crippen molar-refractivity contribution in [2.45, 2.75) is 9.79 Å². The molecule has 3 nitrogen and oxygen atoms in total. The van der Waals surface area contributed by atoms with Crippen molar-refractivity contribution in [3.05, 3.63) is 97.1 Å². The Hall–Kier alpha value is -3.37.